The van der Waals surface area contributed by atoms with Crippen LogP contribution in [-0.4, -0.2) is 4.98 Å². The molecule has 1 atom stereocenters. The molecular formula is C13H12ClF2N3. The predicted octanol–water partition coefficient (Wildman–Crippen LogP) is 2.87. The van der Waals surface area contributed by atoms with Gasteiger partial charge in [-0.3, -0.25) is 10.8 Å². The lowest BCUT2D eigenvalue weighted by Crippen LogP contribution is -2.30. The fraction of sp³-hybridized carbons (Fsp3) is 0.154. The SMILES string of the molecule is Cc1ccc(C(NN)c2ccncc2Cl)c(F)c1F. The van der Waals surface area contributed by atoms with E-state index in [0.717, 1.165) is 0 Å². The lowest BCUT2D eigenvalue weighted by Gasteiger charge is -2.19. The molecule has 1 heterocycles. The topological polar surface area (TPSA) is 50.9 Å². The van der Waals surface area contributed by atoms with E-state index in [1.807, 2.05) is 0 Å². The van der Waals surface area contributed by atoms with Gasteiger partial charge in [0, 0.05) is 18.0 Å². The second kappa shape index (κ2) is 5.61. The van der Waals surface area contributed by atoms with Gasteiger partial charge in [-0.05, 0) is 24.1 Å². The number of aryl methyl sites for hydroxylation is 1. The van der Waals surface area contributed by atoms with Crippen molar-refractivity contribution < 1.29 is 8.78 Å². The van der Waals surface area contributed by atoms with E-state index in [0.29, 0.717) is 10.6 Å². The second-order valence-electron chi connectivity index (χ2n) is 4.10. The number of nitrogens with two attached hydrogens (primary N) is 1. The van der Waals surface area contributed by atoms with Gasteiger partial charge < -0.3 is 0 Å². The van der Waals surface area contributed by atoms with Crippen molar-refractivity contribution in [2.45, 2.75) is 13.0 Å². The number of pyridine rings is 1. The predicted molar refractivity (Wildman–Crippen MR) is 69.5 cm³/mol. The van der Waals surface area contributed by atoms with Gasteiger partial charge in [-0.25, -0.2) is 14.2 Å². The summed E-state index contributed by atoms with van der Waals surface area (Å²) in [5, 5.41) is 0.325. The number of hydrogen-bond acceptors (Lipinski definition) is 3. The van der Waals surface area contributed by atoms with E-state index in [1.54, 1.807) is 6.07 Å². The van der Waals surface area contributed by atoms with Crippen LogP contribution in [0, 0.1) is 18.6 Å². The zero-order chi connectivity index (χ0) is 14.0. The third kappa shape index (κ3) is 2.58. The first kappa shape index (κ1) is 13.9. The minimum absolute atomic E-state index is 0.0960. The molecule has 0 spiro atoms. The molecule has 2 aromatic rings. The minimum atomic E-state index is -0.934. The smallest absolute Gasteiger partial charge is 0.164 e. The van der Waals surface area contributed by atoms with Crippen LogP contribution in [0.5, 0.6) is 0 Å². The van der Waals surface area contributed by atoms with Crippen molar-refractivity contribution >= 4 is 11.6 Å². The molecule has 6 heteroatoms. The maximum Gasteiger partial charge on any atom is 0.164 e. The third-order valence-electron chi connectivity index (χ3n) is 2.90. The van der Waals surface area contributed by atoms with Gasteiger partial charge in [0.05, 0.1) is 11.1 Å². The highest BCUT2D eigenvalue weighted by atomic mass is 35.5. The first-order valence-corrected chi connectivity index (χ1v) is 5.94. The molecule has 19 heavy (non-hydrogen) atoms. The van der Waals surface area contributed by atoms with Crippen LogP contribution >= 0.6 is 11.6 Å². The Morgan fingerprint density at radius 3 is 2.58 bits per heavy atom. The molecule has 0 saturated carbocycles. The van der Waals surface area contributed by atoms with Crippen molar-refractivity contribution in [3.05, 3.63) is 63.9 Å². The number of benzene rings is 1. The van der Waals surface area contributed by atoms with Gasteiger partial charge in [-0.2, -0.15) is 0 Å². The molecule has 0 radical (unpaired) electrons. The summed E-state index contributed by atoms with van der Waals surface area (Å²) in [6.07, 6.45) is 2.93. The average Bonchev–Trinajstić information content (AvgIpc) is 2.41. The summed E-state index contributed by atoms with van der Waals surface area (Å²) in [7, 11) is 0. The quantitative estimate of drug-likeness (QED) is 0.673. The molecule has 0 aliphatic carbocycles. The first-order chi connectivity index (χ1) is 9.06. The molecule has 3 N–H and O–H groups in total. The van der Waals surface area contributed by atoms with E-state index in [9.17, 15) is 8.78 Å². The van der Waals surface area contributed by atoms with E-state index < -0.39 is 17.7 Å². The van der Waals surface area contributed by atoms with Crippen molar-refractivity contribution in [3.63, 3.8) is 0 Å². The first-order valence-electron chi connectivity index (χ1n) is 5.56. The van der Waals surface area contributed by atoms with Crippen LogP contribution in [-0.2, 0) is 0 Å². The Hall–Kier alpha value is -1.56. The number of aromatic nitrogens is 1. The van der Waals surface area contributed by atoms with Gasteiger partial charge in [0.25, 0.3) is 0 Å². The monoisotopic (exact) mass is 283 g/mol. The normalized spacial score (nSPS) is 12.5. The Kier molecular flexibility index (Phi) is 4.09. The van der Waals surface area contributed by atoms with E-state index in [4.69, 9.17) is 17.4 Å². The van der Waals surface area contributed by atoms with Crippen LogP contribution in [0.15, 0.2) is 30.6 Å². The largest absolute Gasteiger partial charge is 0.271 e. The second-order valence-corrected chi connectivity index (χ2v) is 4.50. The lowest BCUT2D eigenvalue weighted by atomic mass is 9.98. The molecule has 100 valence electrons. The molecule has 3 nitrogen and oxygen atoms in total. The van der Waals surface area contributed by atoms with Crippen LogP contribution in [0.2, 0.25) is 5.02 Å². The van der Waals surface area contributed by atoms with Crippen LogP contribution in [0.3, 0.4) is 0 Å². The van der Waals surface area contributed by atoms with E-state index in [2.05, 4.69) is 10.4 Å². The zero-order valence-corrected chi connectivity index (χ0v) is 10.9. The van der Waals surface area contributed by atoms with Gasteiger partial charge in [0.15, 0.2) is 11.6 Å². The summed E-state index contributed by atoms with van der Waals surface area (Å²) in [5.74, 6) is 3.62. The van der Waals surface area contributed by atoms with Gasteiger partial charge in [-0.1, -0.05) is 23.7 Å². The Morgan fingerprint density at radius 2 is 1.95 bits per heavy atom. The molecule has 2 rings (SSSR count). The minimum Gasteiger partial charge on any atom is -0.271 e. The Bertz CT molecular complexity index is 604. The summed E-state index contributed by atoms with van der Waals surface area (Å²) < 4.78 is 27.6. The highest BCUT2D eigenvalue weighted by Gasteiger charge is 2.22. The summed E-state index contributed by atoms with van der Waals surface area (Å²) in [5.41, 5.74) is 3.30. The van der Waals surface area contributed by atoms with Gasteiger partial charge in [-0.15, -0.1) is 0 Å². The Labute approximate surface area is 114 Å². The number of hydrogen-bond donors (Lipinski definition) is 2. The molecule has 1 aromatic heterocycles. The molecule has 0 fully saturated rings. The summed E-state index contributed by atoms with van der Waals surface area (Å²) in [4.78, 5) is 3.84. The molecule has 0 saturated heterocycles. The molecule has 0 aliphatic heterocycles. The maximum atomic E-state index is 14.0. The van der Waals surface area contributed by atoms with Crippen LogP contribution in [0.4, 0.5) is 8.78 Å². The number of rotatable bonds is 3. The van der Waals surface area contributed by atoms with Crippen LogP contribution in [0.25, 0.3) is 0 Å². The average molecular weight is 284 g/mol. The Balaban J connectivity index is 2.55. The molecule has 1 unspecified atom stereocenters. The lowest BCUT2D eigenvalue weighted by molar-refractivity contribution is 0.478. The standard InChI is InChI=1S/C13H12ClF2N3/c1-7-2-3-9(12(16)11(7)15)13(19-17)8-4-5-18-6-10(8)14/h2-6,13,19H,17H2,1H3. The molecule has 0 amide bonds. The van der Waals surface area contributed by atoms with Crippen molar-refractivity contribution in [2.24, 2.45) is 5.84 Å². The van der Waals surface area contributed by atoms with Gasteiger partial charge in [0.1, 0.15) is 0 Å². The highest BCUT2D eigenvalue weighted by molar-refractivity contribution is 6.31. The molecule has 0 bridgehead atoms. The number of nitrogens with one attached hydrogen (secondary N) is 1. The fourth-order valence-corrected chi connectivity index (χ4v) is 2.08. The van der Waals surface area contributed by atoms with Crippen molar-refractivity contribution in [2.75, 3.05) is 0 Å². The van der Waals surface area contributed by atoms with Gasteiger partial charge in [0.2, 0.25) is 0 Å². The van der Waals surface area contributed by atoms with E-state index >= 15 is 0 Å². The molecular weight excluding hydrogens is 272 g/mol. The highest BCUT2D eigenvalue weighted by Crippen LogP contribution is 2.30. The summed E-state index contributed by atoms with van der Waals surface area (Å²) >= 11 is 6.00. The zero-order valence-electron chi connectivity index (χ0n) is 10.1. The molecule has 0 aliphatic rings. The van der Waals surface area contributed by atoms with Gasteiger partial charge >= 0.3 is 0 Å². The number of halogens is 3. The van der Waals surface area contributed by atoms with Crippen molar-refractivity contribution in [3.8, 4) is 0 Å². The number of nitrogens with zero attached hydrogens (tertiary/aromatic N) is 1. The van der Waals surface area contributed by atoms with Crippen molar-refractivity contribution in [1.29, 1.82) is 0 Å². The van der Waals surface area contributed by atoms with E-state index in [1.165, 1.54) is 31.5 Å². The molecule has 1 aromatic carbocycles. The fourth-order valence-electron chi connectivity index (χ4n) is 1.85. The number of hydrazine groups is 1. The summed E-state index contributed by atoms with van der Waals surface area (Å²) in [6.45, 7) is 1.49. The van der Waals surface area contributed by atoms with Crippen LogP contribution in [0.1, 0.15) is 22.7 Å². The third-order valence-corrected chi connectivity index (χ3v) is 3.21. The van der Waals surface area contributed by atoms with Crippen LogP contribution < -0.4 is 11.3 Å². The maximum absolute atomic E-state index is 14.0. The van der Waals surface area contributed by atoms with Crippen molar-refractivity contribution in [1.82, 2.24) is 10.4 Å². The Morgan fingerprint density at radius 1 is 1.21 bits per heavy atom. The summed E-state index contributed by atoms with van der Waals surface area (Å²) in [6, 6.07) is 3.83. The van der Waals surface area contributed by atoms with E-state index in [-0.39, 0.29) is 11.1 Å².